The monoisotopic (exact) mass is 220 g/mol. The largest absolute Gasteiger partial charge is 0.370 e. The molecular weight excluding hydrogens is 217 g/mol. The number of allylic oxidation sites excluding steroid dienone is 4. The minimum Gasteiger partial charge on any atom is -0.204 e. The van der Waals surface area contributed by atoms with Crippen molar-refractivity contribution in [1.29, 1.82) is 0 Å². The van der Waals surface area contributed by atoms with Gasteiger partial charge in [0.2, 0.25) is 5.83 Å². The van der Waals surface area contributed by atoms with Crippen LogP contribution in [-0.4, -0.2) is 11.8 Å². The van der Waals surface area contributed by atoms with Crippen molar-refractivity contribution in [2.45, 2.75) is 18.8 Å². The van der Waals surface area contributed by atoms with Crippen LogP contribution in [0.25, 0.3) is 0 Å². The van der Waals surface area contributed by atoms with Crippen molar-refractivity contribution in [3.8, 4) is 0 Å². The Morgan fingerprint density at radius 1 is 0.786 bits per heavy atom. The lowest BCUT2D eigenvalue weighted by atomic mass is 9.98. The van der Waals surface area contributed by atoms with Crippen LogP contribution in [0.2, 0.25) is 0 Å². The molecule has 0 aliphatic heterocycles. The Labute approximate surface area is 73.7 Å². The molecule has 0 saturated carbocycles. The molecule has 1 aliphatic rings. The van der Waals surface area contributed by atoms with E-state index in [1.54, 1.807) is 0 Å². The number of hydrogen-bond donors (Lipinski definition) is 0. The van der Waals surface area contributed by atoms with E-state index in [-0.39, 0.29) is 0 Å². The molecule has 0 radical (unpaired) electrons. The average Bonchev–Trinajstić information content (AvgIpc) is 2.10. The minimum absolute atomic E-state index is 0.452. The summed E-state index contributed by atoms with van der Waals surface area (Å²) in [6.45, 7) is 0.452. The first kappa shape index (κ1) is 11.1. The molecule has 1 aliphatic carbocycles. The summed E-state index contributed by atoms with van der Waals surface area (Å²) in [7, 11) is 0. The third-order valence-corrected chi connectivity index (χ3v) is 1.80. The second-order valence-corrected chi connectivity index (χ2v) is 2.72. The lowest BCUT2D eigenvalue weighted by Gasteiger charge is -2.28. The lowest BCUT2D eigenvalue weighted by molar-refractivity contribution is -0.185. The van der Waals surface area contributed by atoms with Crippen LogP contribution in [0.3, 0.4) is 0 Å². The molecular formula is C7H3F7. The predicted octanol–water partition coefficient (Wildman–Crippen LogP) is 3.66. The van der Waals surface area contributed by atoms with Gasteiger partial charge in [-0.3, -0.25) is 0 Å². The fraction of sp³-hybridized carbons (Fsp3) is 0.429. The van der Waals surface area contributed by atoms with Crippen LogP contribution in [0, 0.1) is 0 Å². The Kier molecular flexibility index (Phi) is 2.17. The van der Waals surface area contributed by atoms with Crippen molar-refractivity contribution in [3.05, 3.63) is 23.1 Å². The van der Waals surface area contributed by atoms with Gasteiger partial charge in [-0.05, 0) is 6.92 Å². The van der Waals surface area contributed by atoms with E-state index in [0.717, 1.165) is 0 Å². The van der Waals surface area contributed by atoms with Crippen LogP contribution in [0.4, 0.5) is 30.7 Å². The zero-order valence-corrected chi connectivity index (χ0v) is 6.65. The van der Waals surface area contributed by atoms with Crippen LogP contribution < -0.4 is 0 Å². The van der Waals surface area contributed by atoms with Gasteiger partial charge in [0.1, 0.15) is 0 Å². The van der Waals surface area contributed by atoms with Gasteiger partial charge < -0.3 is 0 Å². The Morgan fingerprint density at radius 2 is 1.14 bits per heavy atom. The summed E-state index contributed by atoms with van der Waals surface area (Å²) in [6, 6.07) is 0. The summed E-state index contributed by atoms with van der Waals surface area (Å²) in [5, 5.41) is 0. The van der Waals surface area contributed by atoms with Gasteiger partial charge >= 0.3 is 11.8 Å². The second kappa shape index (κ2) is 2.74. The molecule has 0 saturated heterocycles. The van der Waals surface area contributed by atoms with E-state index < -0.39 is 34.9 Å². The fourth-order valence-corrected chi connectivity index (χ4v) is 0.910. The molecule has 0 aromatic carbocycles. The molecule has 14 heavy (non-hydrogen) atoms. The van der Waals surface area contributed by atoms with Gasteiger partial charge in [-0.25, -0.2) is 13.2 Å². The topological polar surface area (TPSA) is 0 Å². The van der Waals surface area contributed by atoms with Gasteiger partial charge in [0.05, 0.1) is 0 Å². The number of hydrogen-bond acceptors (Lipinski definition) is 0. The zero-order chi connectivity index (χ0) is 11.3. The maximum atomic E-state index is 12.5. The van der Waals surface area contributed by atoms with Gasteiger partial charge in [0.15, 0.2) is 11.7 Å². The number of halogens is 7. The standard InChI is InChI=1S/C7H3F7/c1-2-3(8)5(10)7(13,14)6(11,12)4(2)9/h1H3. The molecule has 1 rings (SSSR count). The molecule has 0 aromatic heterocycles. The van der Waals surface area contributed by atoms with Crippen LogP contribution in [0.1, 0.15) is 6.92 Å². The molecule has 0 atom stereocenters. The normalized spacial score (nSPS) is 25.7. The molecule has 7 heteroatoms. The molecule has 0 N–H and O–H groups in total. The minimum atomic E-state index is -5.47. The highest BCUT2D eigenvalue weighted by Crippen LogP contribution is 2.52. The van der Waals surface area contributed by atoms with E-state index in [2.05, 4.69) is 0 Å². The number of alkyl halides is 4. The second-order valence-electron chi connectivity index (χ2n) is 2.72. The first-order valence-electron chi connectivity index (χ1n) is 3.32. The van der Waals surface area contributed by atoms with Crippen molar-refractivity contribution in [1.82, 2.24) is 0 Å². The van der Waals surface area contributed by atoms with Gasteiger partial charge in [-0.15, -0.1) is 0 Å². The van der Waals surface area contributed by atoms with E-state index >= 15 is 0 Å². The Balaban J connectivity index is 3.48. The highest BCUT2D eigenvalue weighted by Gasteiger charge is 2.67. The molecule has 80 valence electrons. The first-order valence-corrected chi connectivity index (χ1v) is 3.32. The third-order valence-electron chi connectivity index (χ3n) is 1.80. The first-order chi connectivity index (χ1) is 6.14. The molecule has 0 aromatic rings. The molecule has 0 heterocycles. The average molecular weight is 220 g/mol. The molecule has 0 spiro atoms. The summed E-state index contributed by atoms with van der Waals surface area (Å²) >= 11 is 0. The molecule has 0 fully saturated rings. The Bertz CT molecular complexity index is 302. The van der Waals surface area contributed by atoms with Gasteiger partial charge in [0, 0.05) is 5.57 Å². The quantitative estimate of drug-likeness (QED) is 0.546. The van der Waals surface area contributed by atoms with Crippen LogP contribution in [0.5, 0.6) is 0 Å². The van der Waals surface area contributed by atoms with E-state index in [1.807, 2.05) is 0 Å². The Morgan fingerprint density at radius 3 is 1.57 bits per heavy atom. The van der Waals surface area contributed by atoms with Gasteiger partial charge in [-0.2, -0.15) is 17.6 Å². The van der Waals surface area contributed by atoms with E-state index in [9.17, 15) is 30.7 Å². The molecule has 0 amide bonds. The van der Waals surface area contributed by atoms with Crippen molar-refractivity contribution in [2.24, 2.45) is 0 Å². The molecule has 0 unspecified atom stereocenters. The smallest absolute Gasteiger partial charge is 0.204 e. The SMILES string of the molecule is CC1=C(F)C(F)(F)C(F)(F)C(F)=C1F. The van der Waals surface area contributed by atoms with E-state index in [1.165, 1.54) is 0 Å². The van der Waals surface area contributed by atoms with Crippen LogP contribution in [-0.2, 0) is 0 Å². The highest BCUT2D eigenvalue weighted by atomic mass is 19.3. The summed E-state index contributed by atoms with van der Waals surface area (Å²) in [6.07, 6.45) is 0. The predicted molar refractivity (Wildman–Crippen MR) is 32.9 cm³/mol. The summed E-state index contributed by atoms with van der Waals surface area (Å²) in [5.74, 6) is -18.7. The van der Waals surface area contributed by atoms with Crippen molar-refractivity contribution in [2.75, 3.05) is 0 Å². The van der Waals surface area contributed by atoms with Crippen molar-refractivity contribution >= 4 is 0 Å². The number of rotatable bonds is 0. The fourth-order valence-electron chi connectivity index (χ4n) is 0.910. The maximum Gasteiger partial charge on any atom is 0.370 e. The zero-order valence-electron chi connectivity index (χ0n) is 6.65. The van der Waals surface area contributed by atoms with Crippen molar-refractivity contribution in [3.63, 3.8) is 0 Å². The summed E-state index contributed by atoms with van der Waals surface area (Å²) < 4.78 is 86.8. The third kappa shape index (κ3) is 1.07. The molecule has 0 nitrogen and oxygen atoms in total. The van der Waals surface area contributed by atoms with Crippen LogP contribution in [0.15, 0.2) is 23.1 Å². The van der Waals surface area contributed by atoms with Gasteiger partial charge in [0.25, 0.3) is 0 Å². The maximum absolute atomic E-state index is 12.5. The van der Waals surface area contributed by atoms with E-state index in [4.69, 9.17) is 0 Å². The van der Waals surface area contributed by atoms with Crippen LogP contribution >= 0.6 is 0 Å². The lowest BCUT2D eigenvalue weighted by Crippen LogP contribution is -2.44. The summed E-state index contributed by atoms with van der Waals surface area (Å²) in [5.41, 5.74) is -1.45. The molecule has 0 bridgehead atoms. The van der Waals surface area contributed by atoms with Gasteiger partial charge in [-0.1, -0.05) is 0 Å². The van der Waals surface area contributed by atoms with Crippen molar-refractivity contribution < 1.29 is 30.7 Å². The Hall–Kier alpha value is -1.01. The summed E-state index contributed by atoms with van der Waals surface area (Å²) in [4.78, 5) is 0. The van der Waals surface area contributed by atoms with E-state index in [0.29, 0.717) is 6.92 Å². The highest BCUT2D eigenvalue weighted by molar-refractivity contribution is 5.41.